The molecule has 1 aromatic carbocycles. The minimum atomic E-state index is -0.701. The molecule has 0 unspecified atom stereocenters. The zero-order valence-corrected chi connectivity index (χ0v) is 16.4. The number of nitrogens with one attached hydrogen (secondary N) is 1. The summed E-state index contributed by atoms with van der Waals surface area (Å²) >= 11 is 0. The van der Waals surface area contributed by atoms with E-state index < -0.39 is 23.4 Å². The zero-order valence-electron chi connectivity index (χ0n) is 16.4. The highest BCUT2D eigenvalue weighted by atomic mass is 16.6. The third kappa shape index (κ3) is 4.61. The summed E-state index contributed by atoms with van der Waals surface area (Å²) in [5.74, 6) is -1.36. The molecule has 0 saturated carbocycles. The molecule has 28 heavy (non-hydrogen) atoms. The number of hydrogen-bond acceptors (Lipinski definition) is 6. The number of aryl methyl sites for hydroxylation is 3. The van der Waals surface area contributed by atoms with E-state index in [-0.39, 0.29) is 11.4 Å². The van der Waals surface area contributed by atoms with Gasteiger partial charge in [0, 0.05) is 30.4 Å². The maximum Gasteiger partial charge on any atom is 0.331 e. The number of carbonyl (C=O) groups is 2. The Morgan fingerprint density at radius 3 is 2.54 bits per heavy atom. The molecule has 0 aliphatic rings. The molecule has 0 aliphatic heterocycles. The standard InChI is InChI=1S/C19H22N4O5/c1-11-6-8-16(23(26)27)19(12(11)2)20-17(24)10-28-18(25)9-7-15-13(3)21-22(5)14(15)4/h6-9H,10H2,1-5H3,(H,20,24)/b9-7+. The number of nitro benzene ring substituents is 1. The van der Waals surface area contributed by atoms with Crippen LogP contribution in [0.15, 0.2) is 18.2 Å². The average molecular weight is 386 g/mol. The van der Waals surface area contributed by atoms with Gasteiger partial charge in [-0.1, -0.05) is 6.07 Å². The summed E-state index contributed by atoms with van der Waals surface area (Å²) in [6.07, 6.45) is 2.79. The summed E-state index contributed by atoms with van der Waals surface area (Å²) < 4.78 is 6.62. The molecule has 0 bridgehead atoms. The summed E-state index contributed by atoms with van der Waals surface area (Å²) in [4.78, 5) is 34.6. The smallest absolute Gasteiger partial charge is 0.331 e. The minimum absolute atomic E-state index is 0.100. The molecule has 1 aromatic heterocycles. The fourth-order valence-electron chi connectivity index (χ4n) is 2.65. The van der Waals surface area contributed by atoms with Crippen molar-refractivity contribution in [1.82, 2.24) is 9.78 Å². The summed E-state index contributed by atoms with van der Waals surface area (Å²) in [7, 11) is 1.80. The van der Waals surface area contributed by atoms with E-state index in [4.69, 9.17) is 4.74 Å². The lowest BCUT2D eigenvalue weighted by Gasteiger charge is -2.11. The van der Waals surface area contributed by atoms with Crippen molar-refractivity contribution in [1.29, 1.82) is 0 Å². The third-order valence-corrected chi connectivity index (χ3v) is 4.47. The van der Waals surface area contributed by atoms with Gasteiger partial charge in [0.1, 0.15) is 5.69 Å². The van der Waals surface area contributed by atoms with Crippen LogP contribution in [0.4, 0.5) is 11.4 Å². The lowest BCUT2D eigenvalue weighted by molar-refractivity contribution is -0.384. The van der Waals surface area contributed by atoms with E-state index >= 15 is 0 Å². The van der Waals surface area contributed by atoms with Gasteiger partial charge in [-0.2, -0.15) is 5.10 Å². The van der Waals surface area contributed by atoms with Crippen molar-refractivity contribution in [3.63, 3.8) is 0 Å². The van der Waals surface area contributed by atoms with Crippen LogP contribution in [0.25, 0.3) is 6.08 Å². The summed E-state index contributed by atoms with van der Waals surface area (Å²) in [5, 5.41) is 17.9. The Hall–Kier alpha value is -3.49. The first-order chi connectivity index (χ1) is 13.1. The highest BCUT2D eigenvalue weighted by Gasteiger charge is 2.19. The molecule has 2 rings (SSSR count). The van der Waals surface area contributed by atoms with Gasteiger partial charge >= 0.3 is 5.97 Å². The van der Waals surface area contributed by atoms with Gasteiger partial charge in [-0.25, -0.2) is 4.79 Å². The number of carbonyl (C=O) groups excluding carboxylic acids is 2. The number of anilines is 1. The van der Waals surface area contributed by atoms with Crippen molar-refractivity contribution in [2.75, 3.05) is 11.9 Å². The van der Waals surface area contributed by atoms with Gasteiger partial charge in [-0.3, -0.25) is 19.6 Å². The second-order valence-electron chi connectivity index (χ2n) is 6.36. The third-order valence-electron chi connectivity index (χ3n) is 4.47. The average Bonchev–Trinajstić information content (AvgIpc) is 2.87. The van der Waals surface area contributed by atoms with Crippen LogP contribution in [0.1, 0.15) is 28.1 Å². The Bertz CT molecular complexity index is 975. The predicted octanol–water partition coefficient (Wildman–Crippen LogP) is 2.76. The van der Waals surface area contributed by atoms with E-state index in [0.29, 0.717) is 5.56 Å². The molecular formula is C19H22N4O5. The van der Waals surface area contributed by atoms with Gasteiger partial charge in [-0.15, -0.1) is 0 Å². The van der Waals surface area contributed by atoms with E-state index in [2.05, 4.69) is 10.4 Å². The zero-order chi connectivity index (χ0) is 21.0. The minimum Gasteiger partial charge on any atom is -0.452 e. The quantitative estimate of drug-likeness (QED) is 0.353. The number of benzene rings is 1. The fraction of sp³-hybridized carbons (Fsp3) is 0.316. The number of aromatic nitrogens is 2. The maximum absolute atomic E-state index is 12.1. The van der Waals surface area contributed by atoms with Gasteiger partial charge in [-0.05, 0) is 44.9 Å². The van der Waals surface area contributed by atoms with Crippen molar-refractivity contribution in [3.05, 3.63) is 56.4 Å². The van der Waals surface area contributed by atoms with Crippen molar-refractivity contribution >= 4 is 29.3 Å². The first kappa shape index (κ1) is 20.8. The fourth-order valence-corrected chi connectivity index (χ4v) is 2.65. The number of rotatable bonds is 6. The van der Waals surface area contributed by atoms with Crippen LogP contribution in [0.2, 0.25) is 0 Å². The van der Waals surface area contributed by atoms with Gasteiger partial charge in [0.2, 0.25) is 0 Å². The van der Waals surface area contributed by atoms with Crippen molar-refractivity contribution in [2.24, 2.45) is 7.05 Å². The SMILES string of the molecule is Cc1ccc([N+](=O)[O-])c(NC(=O)COC(=O)/C=C/c2c(C)nn(C)c2C)c1C. The normalized spacial score (nSPS) is 10.9. The van der Waals surface area contributed by atoms with Gasteiger partial charge in [0.15, 0.2) is 6.61 Å². The van der Waals surface area contributed by atoms with Gasteiger partial charge < -0.3 is 10.1 Å². The van der Waals surface area contributed by atoms with Gasteiger partial charge in [0.25, 0.3) is 11.6 Å². The van der Waals surface area contributed by atoms with Crippen molar-refractivity contribution in [3.8, 4) is 0 Å². The summed E-state index contributed by atoms with van der Waals surface area (Å²) in [6, 6.07) is 2.93. The molecule has 0 saturated heterocycles. The number of esters is 1. The molecule has 1 N–H and O–H groups in total. The summed E-state index contributed by atoms with van der Waals surface area (Å²) in [6.45, 7) is 6.59. The Balaban J connectivity index is 2.01. The Labute approximate surface area is 162 Å². The van der Waals surface area contributed by atoms with E-state index in [1.165, 1.54) is 12.1 Å². The molecule has 9 heteroatoms. The van der Waals surface area contributed by atoms with Crippen molar-refractivity contribution < 1.29 is 19.2 Å². The number of hydrogen-bond donors (Lipinski definition) is 1. The highest BCUT2D eigenvalue weighted by molar-refractivity contribution is 5.97. The largest absolute Gasteiger partial charge is 0.452 e. The van der Waals surface area contributed by atoms with Crippen LogP contribution in [-0.2, 0) is 21.4 Å². The Morgan fingerprint density at radius 2 is 1.96 bits per heavy atom. The second-order valence-corrected chi connectivity index (χ2v) is 6.36. The van der Waals surface area contributed by atoms with E-state index in [1.54, 1.807) is 37.7 Å². The monoisotopic (exact) mass is 386 g/mol. The molecule has 0 spiro atoms. The van der Waals surface area contributed by atoms with Crippen LogP contribution in [0.3, 0.4) is 0 Å². The number of ether oxygens (including phenoxy) is 1. The predicted molar refractivity (Wildman–Crippen MR) is 104 cm³/mol. The van der Waals surface area contributed by atoms with Gasteiger partial charge in [0.05, 0.1) is 10.6 Å². The molecular weight excluding hydrogens is 364 g/mol. The van der Waals surface area contributed by atoms with E-state index in [9.17, 15) is 19.7 Å². The van der Waals surface area contributed by atoms with E-state index in [0.717, 1.165) is 22.5 Å². The molecule has 0 radical (unpaired) electrons. The van der Waals surface area contributed by atoms with Crippen molar-refractivity contribution in [2.45, 2.75) is 27.7 Å². The maximum atomic E-state index is 12.1. The molecule has 0 aliphatic carbocycles. The molecule has 0 atom stereocenters. The molecule has 2 aromatic rings. The Morgan fingerprint density at radius 1 is 1.29 bits per heavy atom. The van der Waals surface area contributed by atoms with Crippen LogP contribution < -0.4 is 5.32 Å². The van der Waals surface area contributed by atoms with Crippen LogP contribution >= 0.6 is 0 Å². The Kier molecular flexibility index (Phi) is 6.29. The highest BCUT2D eigenvalue weighted by Crippen LogP contribution is 2.30. The molecule has 9 nitrogen and oxygen atoms in total. The lowest BCUT2D eigenvalue weighted by atomic mass is 10.1. The molecule has 0 fully saturated rings. The van der Waals surface area contributed by atoms with E-state index in [1.807, 2.05) is 13.8 Å². The first-order valence-corrected chi connectivity index (χ1v) is 8.51. The lowest BCUT2D eigenvalue weighted by Crippen LogP contribution is -2.21. The molecule has 148 valence electrons. The first-order valence-electron chi connectivity index (χ1n) is 8.51. The number of nitro groups is 1. The van der Waals surface area contributed by atoms with Crippen LogP contribution in [0, 0.1) is 37.8 Å². The topological polar surface area (TPSA) is 116 Å². The molecule has 1 heterocycles. The van der Waals surface area contributed by atoms with Crippen LogP contribution in [-0.4, -0.2) is 33.2 Å². The molecule has 1 amide bonds. The van der Waals surface area contributed by atoms with Crippen LogP contribution in [0.5, 0.6) is 0 Å². The number of nitrogens with zero attached hydrogens (tertiary/aromatic N) is 3. The number of amides is 1. The summed E-state index contributed by atoms with van der Waals surface area (Å²) in [5.41, 5.74) is 3.72. The second kappa shape index (κ2) is 8.47.